The topological polar surface area (TPSA) is 29.3 Å². The smallest absolute Gasteiger partial charge is 0.0320 e. The van der Waals surface area contributed by atoms with Crippen LogP contribution in [0.25, 0.3) is 0 Å². The van der Waals surface area contributed by atoms with Crippen molar-refractivity contribution in [3.63, 3.8) is 0 Å². The van der Waals surface area contributed by atoms with E-state index in [1.54, 1.807) is 0 Å². The van der Waals surface area contributed by atoms with Crippen LogP contribution in [0.5, 0.6) is 0 Å². The van der Waals surface area contributed by atoms with E-state index in [0.717, 1.165) is 17.6 Å². The van der Waals surface area contributed by atoms with Crippen LogP contribution < -0.4 is 5.73 Å². The molecule has 1 saturated heterocycles. The fourth-order valence-electron chi connectivity index (χ4n) is 2.36. The average molecular weight is 283 g/mol. The van der Waals surface area contributed by atoms with Gasteiger partial charge in [-0.2, -0.15) is 0 Å². The summed E-state index contributed by atoms with van der Waals surface area (Å²) in [6.07, 6.45) is 1.25. The number of nitrogens with two attached hydrogens (primary N) is 1. The molecule has 2 atom stereocenters. The van der Waals surface area contributed by atoms with Crippen LogP contribution in [0.3, 0.4) is 0 Å². The molecular weight excluding hydrogens is 264 g/mol. The fourth-order valence-corrected chi connectivity index (χ4v) is 2.62. The third-order valence-electron chi connectivity index (χ3n) is 3.55. The van der Waals surface area contributed by atoms with E-state index in [1.807, 2.05) is 0 Å². The van der Waals surface area contributed by atoms with Gasteiger partial charge in [-0.25, -0.2) is 0 Å². The zero-order valence-electron chi connectivity index (χ0n) is 9.70. The Hall–Kier alpha value is -0.380. The average Bonchev–Trinajstić information content (AvgIpc) is 2.77. The Morgan fingerprint density at radius 2 is 2.12 bits per heavy atom. The van der Waals surface area contributed by atoms with Crippen LogP contribution >= 0.6 is 15.9 Å². The third-order valence-corrected chi connectivity index (χ3v) is 4.08. The Kier molecular flexibility index (Phi) is 4.00. The Bertz CT molecular complexity index is 336. The van der Waals surface area contributed by atoms with Crippen LogP contribution in [-0.2, 0) is 0 Å². The van der Waals surface area contributed by atoms with Crippen LogP contribution in [0.1, 0.15) is 24.9 Å². The maximum Gasteiger partial charge on any atom is 0.0320 e. The summed E-state index contributed by atoms with van der Waals surface area (Å²) in [5, 5.41) is 0. The highest BCUT2D eigenvalue weighted by Gasteiger charge is 2.25. The van der Waals surface area contributed by atoms with Crippen molar-refractivity contribution >= 4 is 15.9 Å². The lowest BCUT2D eigenvalue weighted by atomic mass is 10.1. The quantitative estimate of drug-likeness (QED) is 0.924. The zero-order chi connectivity index (χ0) is 11.5. The van der Waals surface area contributed by atoms with Crippen LogP contribution in [0.15, 0.2) is 28.7 Å². The monoisotopic (exact) mass is 282 g/mol. The van der Waals surface area contributed by atoms with Gasteiger partial charge >= 0.3 is 0 Å². The normalized spacial score (nSPS) is 23.6. The molecule has 1 aliphatic heterocycles. The molecule has 16 heavy (non-hydrogen) atoms. The molecule has 2 rings (SSSR count). The van der Waals surface area contributed by atoms with Gasteiger partial charge in [0.15, 0.2) is 0 Å². The first-order valence-electron chi connectivity index (χ1n) is 5.90. The third kappa shape index (κ3) is 2.65. The van der Waals surface area contributed by atoms with Gasteiger partial charge in [0.25, 0.3) is 0 Å². The van der Waals surface area contributed by atoms with Crippen molar-refractivity contribution in [1.29, 1.82) is 0 Å². The number of hydrogen-bond donors (Lipinski definition) is 1. The van der Waals surface area contributed by atoms with E-state index in [-0.39, 0.29) is 0 Å². The number of halogens is 1. The van der Waals surface area contributed by atoms with Crippen molar-refractivity contribution in [2.24, 2.45) is 11.7 Å². The second-order valence-electron chi connectivity index (χ2n) is 4.61. The maximum absolute atomic E-state index is 5.72. The van der Waals surface area contributed by atoms with E-state index >= 15 is 0 Å². The molecule has 0 amide bonds. The predicted octanol–water partition coefficient (Wildman–Crippen LogP) is 2.79. The first-order valence-corrected chi connectivity index (χ1v) is 6.69. The molecule has 0 bridgehead atoms. The molecule has 0 aliphatic carbocycles. The molecule has 2 nitrogen and oxygen atoms in total. The largest absolute Gasteiger partial charge is 0.330 e. The maximum atomic E-state index is 5.72. The van der Waals surface area contributed by atoms with Crippen LogP contribution in [0.4, 0.5) is 0 Å². The SMILES string of the molecule is CC(c1ccc(Br)cc1)N1CCC(CN)C1. The number of likely N-dealkylation sites (tertiary alicyclic amines) is 1. The van der Waals surface area contributed by atoms with Gasteiger partial charge in [0.2, 0.25) is 0 Å². The van der Waals surface area contributed by atoms with Gasteiger partial charge in [0.05, 0.1) is 0 Å². The number of nitrogens with zero attached hydrogens (tertiary/aromatic N) is 1. The summed E-state index contributed by atoms with van der Waals surface area (Å²) in [4.78, 5) is 2.53. The van der Waals surface area contributed by atoms with E-state index in [0.29, 0.717) is 12.0 Å². The summed E-state index contributed by atoms with van der Waals surface area (Å²) >= 11 is 3.47. The molecule has 1 fully saturated rings. The van der Waals surface area contributed by atoms with Gasteiger partial charge in [0.1, 0.15) is 0 Å². The molecule has 3 heteroatoms. The molecule has 0 saturated carbocycles. The lowest BCUT2D eigenvalue weighted by Gasteiger charge is -2.24. The van der Waals surface area contributed by atoms with Crippen molar-refractivity contribution in [2.45, 2.75) is 19.4 Å². The summed E-state index contributed by atoms with van der Waals surface area (Å²) in [6.45, 7) is 5.43. The first-order chi connectivity index (χ1) is 7.70. The summed E-state index contributed by atoms with van der Waals surface area (Å²) in [5.41, 5.74) is 7.11. The van der Waals surface area contributed by atoms with Gasteiger partial charge in [0, 0.05) is 17.1 Å². The lowest BCUT2D eigenvalue weighted by Crippen LogP contribution is -2.26. The van der Waals surface area contributed by atoms with Crippen LogP contribution in [0.2, 0.25) is 0 Å². The Balaban J connectivity index is 2.02. The van der Waals surface area contributed by atoms with E-state index in [2.05, 4.69) is 52.0 Å². The minimum Gasteiger partial charge on any atom is -0.330 e. The number of rotatable bonds is 3. The summed E-state index contributed by atoms with van der Waals surface area (Å²) in [7, 11) is 0. The molecule has 88 valence electrons. The second-order valence-corrected chi connectivity index (χ2v) is 5.53. The van der Waals surface area contributed by atoms with E-state index in [4.69, 9.17) is 5.73 Å². The van der Waals surface area contributed by atoms with E-state index in [9.17, 15) is 0 Å². The van der Waals surface area contributed by atoms with Crippen molar-refractivity contribution in [3.05, 3.63) is 34.3 Å². The Labute approximate surface area is 106 Å². The van der Waals surface area contributed by atoms with Crippen molar-refractivity contribution in [2.75, 3.05) is 19.6 Å². The lowest BCUT2D eigenvalue weighted by molar-refractivity contribution is 0.253. The van der Waals surface area contributed by atoms with E-state index in [1.165, 1.54) is 18.5 Å². The van der Waals surface area contributed by atoms with Gasteiger partial charge < -0.3 is 5.73 Å². The van der Waals surface area contributed by atoms with Crippen molar-refractivity contribution in [1.82, 2.24) is 4.90 Å². The van der Waals surface area contributed by atoms with Gasteiger partial charge in [-0.3, -0.25) is 4.90 Å². The molecule has 2 unspecified atom stereocenters. The second kappa shape index (κ2) is 5.30. The minimum absolute atomic E-state index is 0.504. The van der Waals surface area contributed by atoms with Gasteiger partial charge in [-0.1, -0.05) is 28.1 Å². The number of hydrogen-bond acceptors (Lipinski definition) is 2. The fraction of sp³-hybridized carbons (Fsp3) is 0.538. The first kappa shape index (κ1) is 12.1. The summed E-state index contributed by atoms with van der Waals surface area (Å²) in [6, 6.07) is 9.13. The molecule has 1 aliphatic rings. The number of benzene rings is 1. The zero-order valence-corrected chi connectivity index (χ0v) is 11.3. The highest BCUT2D eigenvalue weighted by molar-refractivity contribution is 9.10. The van der Waals surface area contributed by atoms with Gasteiger partial charge in [-0.15, -0.1) is 0 Å². The highest BCUT2D eigenvalue weighted by atomic mass is 79.9. The van der Waals surface area contributed by atoms with Crippen molar-refractivity contribution < 1.29 is 0 Å². The molecule has 0 aromatic heterocycles. The van der Waals surface area contributed by atoms with Gasteiger partial charge in [-0.05, 0) is 50.0 Å². The summed E-state index contributed by atoms with van der Waals surface area (Å²) in [5.74, 6) is 0.692. The van der Waals surface area contributed by atoms with Crippen molar-refractivity contribution in [3.8, 4) is 0 Å². The molecule has 1 aromatic carbocycles. The van der Waals surface area contributed by atoms with Crippen LogP contribution in [-0.4, -0.2) is 24.5 Å². The molecule has 1 aromatic rings. The molecular formula is C13H19BrN2. The Morgan fingerprint density at radius 1 is 1.44 bits per heavy atom. The highest BCUT2D eigenvalue weighted by Crippen LogP contribution is 2.27. The summed E-state index contributed by atoms with van der Waals surface area (Å²) < 4.78 is 1.14. The molecule has 0 radical (unpaired) electrons. The molecule has 1 heterocycles. The molecule has 0 spiro atoms. The van der Waals surface area contributed by atoms with Crippen LogP contribution in [0, 0.1) is 5.92 Å². The predicted molar refractivity (Wildman–Crippen MR) is 71.3 cm³/mol. The van der Waals surface area contributed by atoms with E-state index < -0.39 is 0 Å². The Morgan fingerprint density at radius 3 is 2.69 bits per heavy atom. The standard InChI is InChI=1S/C13H19BrN2/c1-10(12-2-4-13(14)5-3-12)16-7-6-11(8-15)9-16/h2-5,10-11H,6-9,15H2,1H3. The molecule has 2 N–H and O–H groups in total. The minimum atomic E-state index is 0.504.